The molecular weight excluding hydrogens is 546 g/mol. The van der Waals surface area contributed by atoms with Gasteiger partial charge in [0.05, 0.1) is 19.9 Å². The first-order valence-electron chi connectivity index (χ1n) is 12.7. The number of carbonyl (C=O) groups excluding carboxylic acids is 3. The molecule has 11 nitrogen and oxygen atoms in total. The maximum Gasteiger partial charge on any atom is 0.270 e. The molecule has 0 aliphatic carbocycles. The van der Waals surface area contributed by atoms with Crippen molar-refractivity contribution in [2.75, 3.05) is 26.5 Å². The summed E-state index contributed by atoms with van der Waals surface area (Å²) in [5.41, 5.74) is 12.9. The Balaban J connectivity index is 1.72. The number of benzene rings is 2. The third kappa shape index (κ3) is 6.67. The number of methoxy groups -OCH3 is 2. The van der Waals surface area contributed by atoms with Crippen molar-refractivity contribution in [2.45, 2.75) is 25.9 Å². The van der Waals surface area contributed by atoms with Crippen molar-refractivity contribution in [1.29, 1.82) is 0 Å². The van der Waals surface area contributed by atoms with Gasteiger partial charge in [-0.1, -0.05) is 36.4 Å². The molecule has 0 saturated carbocycles. The normalized spacial score (nSPS) is 11.5. The molecule has 0 saturated heterocycles. The molecule has 2 heterocycles. The standard InChI is InChI=1S/C29H31N5O6S/c1-17-9-11-21(40-17)25(28(36)32-16-19-7-5-4-6-8-19)34(29(37)26-23(30)24(27(31)35)33-41-26)14-13-18-10-12-20(38-2)22(15-18)39-3/h4-12,15,25H,13-14,16,30H2,1-3H3,(H2,31,35)(H,32,36)/t25-/m0/s1. The van der Waals surface area contributed by atoms with Crippen molar-refractivity contribution in [3.63, 3.8) is 0 Å². The monoisotopic (exact) mass is 577 g/mol. The SMILES string of the molecule is COc1ccc(CCN(C(=O)c2snc(C(N)=O)c2N)[C@H](C(=O)NCc2ccccc2)c2ccc(C)o2)cc1OC. The van der Waals surface area contributed by atoms with Crippen LogP contribution in [0.3, 0.4) is 0 Å². The van der Waals surface area contributed by atoms with Crippen LogP contribution >= 0.6 is 11.5 Å². The zero-order valence-corrected chi connectivity index (χ0v) is 23.7. The number of carbonyl (C=O) groups is 3. The zero-order chi connectivity index (χ0) is 29.5. The summed E-state index contributed by atoms with van der Waals surface area (Å²) >= 11 is 0.747. The molecule has 0 unspecified atom stereocenters. The average Bonchev–Trinajstić information content (AvgIpc) is 3.58. The fourth-order valence-electron chi connectivity index (χ4n) is 4.30. The summed E-state index contributed by atoms with van der Waals surface area (Å²) < 4.78 is 20.6. The van der Waals surface area contributed by atoms with Gasteiger partial charge in [0.2, 0.25) is 0 Å². The van der Waals surface area contributed by atoms with E-state index in [1.54, 1.807) is 38.3 Å². The Hall–Kier alpha value is -4.84. The van der Waals surface area contributed by atoms with Crippen molar-refractivity contribution in [2.24, 2.45) is 5.73 Å². The van der Waals surface area contributed by atoms with Crippen LogP contribution in [0.15, 0.2) is 65.1 Å². The molecule has 0 bridgehead atoms. The highest BCUT2D eigenvalue weighted by Gasteiger charge is 2.36. The predicted octanol–water partition coefficient (Wildman–Crippen LogP) is 3.49. The van der Waals surface area contributed by atoms with E-state index < -0.39 is 23.8 Å². The highest BCUT2D eigenvalue weighted by molar-refractivity contribution is 7.09. The number of nitrogens with one attached hydrogen (secondary N) is 1. The van der Waals surface area contributed by atoms with Crippen LogP contribution in [0.5, 0.6) is 11.5 Å². The number of furan rings is 1. The molecule has 1 atom stereocenters. The molecule has 4 aromatic rings. The number of hydrogen-bond donors (Lipinski definition) is 3. The smallest absolute Gasteiger partial charge is 0.270 e. The van der Waals surface area contributed by atoms with E-state index in [9.17, 15) is 14.4 Å². The summed E-state index contributed by atoms with van der Waals surface area (Å²) in [6.45, 7) is 2.07. The molecule has 41 heavy (non-hydrogen) atoms. The molecule has 214 valence electrons. The number of nitrogens with zero attached hydrogens (tertiary/aromatic N) is 2. The van der Waals surface area contributed by atoms with Gasteiger partial charge in [-0.15, -0.1) is 0 Å². The lowest BCUT2D eigenvalue weighted by atomic mass is 10.1. The number of rotatable bonds is 12. The van der Waals surface area contributed by atoms with Crippen LogP contribution in [0.25, 0.3) is 0 Å². The number of hydrogen-bond acceptors (Lipinski definition) is 9. The number of primary amides is 1. The quantitative estimate of drug-likeness (QED) is 0.230. The van der Waals surface area contributed by atoms with Gasteiger partial charge < -0.3 is 35.6 Å². The first-order chi connectivity index (χ1) is 19.7. The summed E-state index contributed by atoms with van der Waals surface area (Å²) in [6, 6.07) is 17.0. The molecule has 0 aliphatic rings. The lowest BCUT2D eigenvalue weighted by Crippen LogP contribution is -2.44. The van der Waals surface area contributed by atoms with Gasteiger partial charge >= 0.3 is 0 Å². The Morgan fingerprint density at radius 3 is 2.37 bits per heavy atom. The molecular formula is C29H31N5O6S. The van der Waals surface area contributed by atoms with Crippen LogP contribution < -0.4 is 26.3 Å². The Morgan fingerprint density at radius 1 is 1.02 bits per heavy atom. The summed E-state index contributed by atoms with van der Waals surface area (Å²) in [5, 5.41) is 2.92. The summed E-state index contributed by atoms with van der Waals surface area (Å²) in [6.07, 6.45) is 0.343. The van der Waals surface area contributed by atoms with E-state index in [1.807, 2.05) is 36.4 Å². The second kappa shape index (κ2) is 13.0. The van der Waals surface area contributed by atoms with E-state index in [1.165, 1.54) is 12.0 Å². The highest BCUT2D eigenvalue weighted by Crippen LogP contribution is 2.31. The lowest BCUT2D eigenvalue weighted by molar-refractivity contribution is -0.126. The summed E-state index contributed by atoms with van der Waals surface area (Å²) in [4.78, 5) is 41.0. The molecule has 0 fully saturated rings. The second-order valence-corrected chi connectivity index (χ2v) is 9.90. The van der Waals surface area contributed by atoms with Crippen LogP contribution in [-0.4, -0.2) is 47.8 Å². The van der Waals surface area contributed by atoms with Gasteiger partial charge in [0.1, 0.15) is 16.4 Å². The Kier molecular flexibility index (Phi) is 9.25. The number of nitrogen functional groups attached to an aromatic ring is 1. The van der Waals surface area contributed by atoms with Crippen molar-refractivity contribution >= 4 is 34.9 Å². The van der Waals surface area contributed by atoms with Crippen LogP contribution in [0.4, 0.5) is 5.69 Å². The predicted molar refractivity (Wildman–Crippen MR) is 154 cm³/mol. The Labute approximate surface area is 241 Å². The number of amides is 3. The molecule has 0 radical (unpaired) electrons. The first kappa shape index (κ1) is 29.2. The van der Waals surface area contributed by atoms with Crippen molar-refractivity contribution in [3.05, 3.63) is 93.9 Å². The second-order valence-electron chi connectivity index (χ2n) is 9.13. The van der Waals surface area contributed by atoms with E-state index in [0.29, 0.717) is 23.7 Å². The van der Waals surface area contributed by atoms with Crippen LogP contribution in [0.2, 0.25) is 0 Å². The number of ether oxygens (including phenoxy) is 2. The van der Waals surface area contributed by atoms with Gasteiger partial charge in [0.15, 0.2) is 23.2 Å². The van der Waals surface area contributed by atoms with Gasteiger partial charge in [-0.25, -0.2) is 0 Å². The van der Waals surface area contributed by atoms with Crippen LogP contribution in [0, 0.1) is 6.92 Å². The van der Waals surface area contributed by atoms with Gasteiger partial charge in [-0.2, -0.15) is 4.37 Å². The summed E-state index contributed by atoms with van der Waals surface area (Å²) in [5.74, 6) is 0.0233. The molecule has 12 heteroatoms. The maximum absolute atomic E-state index is 14.0. The molecule has 2 aromatic carbocycles. The van der Waals surface area contributed by atoms with E-state index >= 15 is 0 Å². The number of aryl methyl sites for hydroxylation is 1. The third-order valence-corrected chi connectivity index (χ3v) is 7.26. The van der Waals surface area contributed by atoms with Crippen molar-refractivity contribution in [3.8, 4) is 11.5 Å². The zero-order valence-electron chi connectivity index (χ0n) is 22.9. The van der Waals surface area contributed by atoms with Gasteiger partial charge in [0.25, 0.3) is 17.7 Å². The average molecular weight is 578 g/mol. The lowest BCUT2D eigenvalue weighted by Gasteiger charge is -2.30. The Morgan fingerprint density at radius 2 is 1.76 bits per heavy atom. The van der Waals surface area contributed by atoms with E-state index in [0.717, 1.165) is 22.7 Å². The fourth-order valence-corrected chi connectivity index (χ4v) is 5.06. The fraction of sp³-hybridized carbons (Fsp3) is 0.241. The van der Waals surface area contributed by atoms with Crippen molar-refractivity contribution < 1.29 is 28.3 Å². The minimum absolute atomic E-state index is 0.00440. The van der Waals surface area contributed by atoms with Crippen LogP contribution in [0.1, 0.15) is 48.8 Å². The molecule has 0 spiro atoms. The molecule has 5 N–H and O–H groups in total. The number of aromatic nitrogens is 1. The molecule has 3 amide bonds. The van der Waals surface area contributed by atoms with Crippen LogP contribution in [-0.2, 0) is 17.8 Å². The third-order valence-electron chi connectivity index (χ3n) is 6.41. The number of anilines is 1. The summed E-state index contributed by atoms with van der Waals surface area (Å²) in [7, 11) is 3.08. The minimum Gasteiger partial charge on any atom is -0.493 e. The molecule has 0 aliphatic heterocycles. The largest absolute Gasteiger partial charge is 0.493 e. The highest BCUT2D eigenvalue weighted by atomic mass is 32.1. The van der Waals surface area contributed by atoms with Gasteiger partial charge in [-0.3, -0.25) is 14.4 Å². The van der Waals surface area contributed by atoms with Gasteiger partial charge in [-0.05, 0) is 60.3 Å². The molecule has 2 aromatic heterocycles. The topological polar surface area (TPSA) is 163 Å². The van der Waals surface area contributed by atoms with Crippen molar-refractivity contribution in [1.82, 2.24) is 14.6 Å². The number of nitrogens with two attached hydrogens (primary N) is 2. The maximum atomic E-state index is 14.0. The van der Waals surface area contributed by atoms with E-state index in [2.05, 4.69) is 9.69 Å². The minimum atomic E-state index is -1.15. The Bertz CT molecular complexity index is 1530. The van der Waals surface area contributed by atoms with E-state index in [-0.39, 0.29) is 35.1 Å². The molecule has 4 rings (SSSR count). The first-order valence-corrected chi connectivity index (χ1v) is 13.5. The van der Waals surface area contributed by atoms with E-state index in [4.69, 9.17) is 25.4 Å². The van der Waals surface area contributed by atoms with Gasteiger partial charge in [0, 0.05) is 13.1 Å².